The number of allylic oxidation sites excluding steroid dienone is 2. The predicted molar refractivity (Wildman–Crippen MR) is 54.5 cm³/mol. The van der Waals surface area contributed by atoms with Gasteiger partial charge in [-0.1, -0.05) is 27.7 Å². The summed E-state index contributed by atoms with van der Waals surface area (Å²) in [6.07, 6.45) is 3.16. The lowest BCUT2D eigenvalue weighted by Crippen LogP contribution is -2.22. The molecule has 0 spiro atoms. The molecule has 12 heavy (non-hydrogen) atoms. The van der Waals surface area contributed by atoms with E-state index in [9.17, 15) is 0 Å². The molecule has 0 aromatic heterocycles. The van der Waals surface area contributed by atoms with Crippen LogP contribution in [0.4, 0.5) is 0 Å². The van der Waals surface area contributed by atoms with Crippen LogP contribution in [0.15, 0.2) is 11.8 Å². The lowest BCUT2D eigenvalue weighted by molar-refractivity contribution is 0.559. The lowest BCUT2D eigenvalue weighted by atomic mass is 10.1. The van der Waals surface area contributed by atoms with Crippen LogP contribution in [0.5, 0.6) is 0 Å². The van der Waals surface area contributed by atoms with Gasteiger partial charge in [0.15, 0.2) is 0 Å². The number of rotatable bonds is 5. The molecule has 0 radical (unpaired) electrons. The first kappa shape index (κ1) is 11.2. The van der Waals surface area contributed by atoms with Crippen LogP contribution < -0.4 is 5.32 Å². The fourth-order valence-corrected chi connectivity index (χ4v) is 0.867. The van der Waals surface area contributed by atoms with E-state index < -0.39 is 0 Å². The Kier molecular flexibility index (Phi) is 5.43. The largest absolute Gasteiger partial charge is 0.388 e. The van der Waals surface area contributed by atoms with Crippen LogP contribution in [0.2, 0.25) is 0 Å². The molecular formula is C10H20N2. The summed E-state index contributed by atoms with van der Waals surface area (Å²) in [7, 11) is 0. The van der Waals surface area contributed by atoms with Crippen LogP contribution in [0, 0.1) is 17.2 Å². The molecule has 2 N–H and O–H groups in total. The second-order valence-corrected chi connectivity index (χ2v) is 3.72. The van der Waals surface area contributed by atoms with E-state index in [0.717, 1.165) is 12.2 Å². The van der Waals surface area contributed by atoms with E-state index in [0.29, 0.717) is 11.8 Å². The molecule has 0 heterocycles. The first-order valence-corrected chi connectivity index (χ1v) is 4.52. The summed E-state index contributed by atoms with van der Waals surface area (Å²) in [5.74, 6) is 1.13. The average molecular weight is 168 g/mol. The highest BCUT2D eigenvalue weighted by Crippen LogP contribution is 2.05. The second-order valence-electron chi connectivity index (χ2n) is 3.72. The minimum Gasteiger partial charge on any atom is -0.388 e. The van der Waals surface area contributed by atoms with Gasteiger partial charge < -0.3 is 10.7 Å². The SMILES string of the molecule is CC(C)CN/C(=C\C=N)C(C)C. The molecule has 0 atom stereocenters. The molecule has 0 aromatic rings. The van der Waals surface area contributed by atoms with Crippen LogP contribution in [0.1, 0.15) is 27.7 Å². The molecule has 2 nitrogen and oxygen atoms in total. The highest BCUT2D eigenvalue weighted by molar-refractivity contribution is 5.68. The summed E-state index contributed by atoms with van der Waals surface area (Å²) < 4.78 is 0. The van der Waals surface area contributed by atoms with E-state index in [1.807, 2.05) is 6.08 Å². The zero-order chi connectivity index (χ0) is 9.56. The summed E-state index contributed by atoms with van der Waals surface area (Å²) in [5.41, 5.74) is 1.15. The third-order valence-corrected chi connectivity index (χ3v) is 1.60. The quantitative estimate of drug-likeness (QED) is 0.608. The molecule has 70 valence electrons. The van der Waals surface area contributed by atoms with Gasteiger partial charge in [0.1, 0.15) is 0 Å². The Balaban J connectivity index is 3.97. The topological polar surface area (TPSA) is 35.9 Å². The Bertz CT molecular complexity index is 157. The van der Waals surface area contributed by atoms with Crippen molar-refractivity contribution in [2.75, 3.05) is 6.54 Å². The predicted octanol–water partition coefficient (Wildman–Crippen LogP) is 2.42. The molecule has 0 bridgehead atoms. The zero-order valence-electron chi connectivity index (χ0n) is 8.52. The first-order valence-electron chi connectivity index (χ1n) is 4.52. The maximum atomic E-state index is 6.97. The maximum absolute atomic E-state index is 6.97. The van der Waals surface area contributed by atoms with Gasteiger partial charge in [0, 0.05) is 18.5 Å². The van der Waals surface area contributed by atoms with Gasteiger partial charge in [0.25, 0.3) is 0 Å². The molecule has 0 aliphatic rings. The van der Waals surface area contributed by atoms with Gasteiger partial charge in [-0.25, -0.2) is 0 Å². The van der Waals surface area contributed by atoms with Gasteiger partial charge >= 0.3 is 0 Å². The van der Waals surface area contributed by atoms with E-state index in [1.165, 1.54) is 6.21 Å². The molecule has 0 rings (SSSR count). The van der Waals surface area contributed by atoms with Crippen LogP contribution >= 0.6 is 0 Å². The van der Waals surface area contributed by atoms with Crippen molar-refractivity contribution in [2.24, 2.45) is 11.8 Å². The van der Waals surface area contributed by atoms with Gasteiger partial charge in [-0.2, -0.15) is 0 Å². The third kappa shape index (κ3) is 4.94. The Morgan fingerprint density at radius 1 is 1.33 bits per heavy atom. The average Bonchev–Trinajstić information content (AvgIpc) is 1.96. The van der Waals surface area contributed by atoms with Crippen LogP contribution in [-0.4, -0.2) is 12.8 Å². The van der Waals surface area contributed by atoms with E-state index >= 15 is 0 Å². The highest BCUT2D eigenvalue weighted by Gasteiger charge is 2.01. The summed E-state index contributed by atoms with van der Waals surface area (Å²) in [6, 6.07) is 0. The van der Waals surface area contributed by atoms with Crippen molar-refractivity contribution in [1.82, 2.24) is 5.32 Å². The summed E-state index contributed by atoms with van der Waals surface area (Å²) >= 11 is 0. The monoisotopic (exact) mass is 168 g/mol. The van der Waals surface area contributed by atoms with Crippen molar-refractivity contribution in [3.8, 4) is 0 Å². The Morgan fingerprint density at radius 2 is 1.92 bits per heavy atom. The third-order valence-electron chi connectivity index (χ3n) is 1.60. The van der Waals surface area contributed by atoms with Gasteiger partial charge in [0.05, 0.1) is 0 Å². The fourth-order valence-electron chi connectivity index (χ4n) is 0.867. The molecule has 0 aliphatic carbocycles. The van der Waals surface area contributed by atoms with Gasteiger partial charge in [-0.05, 0) is 17.9 Å². The molecular weight excluding hydrogens is 148 g/mol. The van der Waals surface area contributed by atoms with E-state index in [4.69, 9.17) is 5.41 Å². The maximum Gasteiger partial charge on any atom is 0.0195 e. The summed E-state index contributed by atoms with van der Waals surface area (Å²) in [4.78, 5) is 0. The normalized spacial score (nSPS) is 12.3. The molecule has 0 saturated carbocycles. The van der Waals surface area contributed by atoms with Crippen molar-refractivity contribution in [3.63, 3.8) is 0 Å². The molecule has 0 unspecified atom stereocenters. The van der Waals surface area contributed by atoms with Crippen LogP contribution in [0.25, 0.3) is 0 Å². The van der Waals surface area contributed by atoms with Crippen LogP contribution in [0.3, 0.4) is 0 Å². The first-order chi connectivity index (χ1) is 5.57. The molecule has 0 amide bonds. The summed E-state index contributed by atoms with van der Waals surface area (Å²) in [5, 5.41) is 10.3. The van der Waals surface area contributed by atoms with Gasteiger partial charge in [-0.3, -0.25) is 0 Å². The van der Waals surface area contributed by atoms with E-state index in [-0.39, 0.29) is 0 Å². The van der Waals surface area contributed by atoms with E-state index in [2.05, 4.69) is 33.0 Å². The smallest absolute Gasteiger partial charge is 0.0195 e. The van der Waals surface area contributed by atoms with Gasteiger partial charge in [0.2, 0.25) is 0 Å². The van der Waals surface area contributed by atoms with Crippen molar-refractivity contribution in [3.05, 3.63) is 11.8 Å². The fraction of sp³-hybridized carbons (Fsp3) is 0.700. The molecule has 0 aromatic carbocycles. The van der Waals surface area contributed by atoms with Crippen molar-refractivity contribution >= 4 is 6.21 Å². The Morgan fingerprint density at radius 3 is 2.25 bits per heavy atom. The highest BCUT2D eigenvalue weighted by atomic mass is 14.9. The minimum atomic E-state index is 0.477. The second kappa shape index (κ2) is 5.81. The molecule has 0 aliphatic heterocycles. The number of hydrogen-bond donors (Lipinski definition) is 2. The lowest BCUT2D eigenvalue weighted by Gasteiger charge is -2.15. The minimum absolute atomic E-state index is 0.477. The number of nitrogens with one attached hydrogen (secondary N) is 2. The van der Waals surface area contributed by atoms with Crippen molar-refractivity contribution < 1.29 is 0 Å². The zero-order valence-corrected chi connectivity index (χ0v) is 8.52. The van der Waals surface area contributed by atoms with Gasteiger partial charge in [-0.15, -0.1) is 0 Å². The van der Waals surface area contributed by atoms with E-state index in [1.54, 1.807) is 0 Å². The Labute approximate surface area is 75.6 Å². The molecule has 0 saturated heterocycles. The standard InChI is InChI=1S/C10H20N2/c1-8(2)7-12-10(5-6-11)9(3)4/h5-6,8-9,11-12H,7H2,1-4H3/b10-5-,11-6?. The molecule has 0 fully saturated rings. The number of hydrogen-bond acceptors (Lipinski definition) is 2. The van der Waals surface area contributed by atoms with Crippen molar-refractivity contribution in [1.29, 1.82) is 5.41 Å². The summed E-state index contributed by atoms with van der Waals surface area (Å²) in [6.45, 7) is 9.59. The Hall–Kier alpha value is -0.790. The molecule has 2 heteroatoms. The van der Waals surface area contributed by atoms with Crippen LogP contribution in [-0.2, 0) is 0 Å². The van der Waals surface area contributed by atoms with Crippen molar-refractivity contribution in [2.45, 2.75) is 27.7 Å².